The van der Waals surface area contributed by atoms with Crippen molar-refractivity contribution in [2.75, 3.05) is 27.4 Å². The second kappa shape index (κ2) is 9.18. The highest BCUT2D eigenvalue weighted by atomic mass is 16.5. The summed E-state index contributed by atoms with van der Waals surface area (Å²) in [7, 11) is 3.31. The molecule has 0 saturated carbocycles. The zero-order chi connectivity index (χ0) is 16.5. The molecule has 0 fully saturated rings. The van der Waals surface area contributed by atoms with E-state index in [1.54, 1.807) is 14.2 Å². The molecular formula is C19H25NO3. The van der Waals surface area contributed by atoms with Crippen LogP contribution in [0.4, 0.5) is 0 Å². The van der Waals surface area contributed by atoms with Gasteiger partial charge in [0, 0.05) is 19.7 Å². The van der Waals surface area contributed by atoms with Crippen molar-refractivity contribution in [1.29, 1.82) is 0 Å². The van der Waals surface area contributed by atoms with E-state index in [1.165, 1.54) is 5.56 Å². The Morgan fingerprint density at radius 3 is 2.43 bits per heavy atom. The van der Waals surface area contributed by atoms with Gasteiger partial charge in [-0.1, -0.05) is 36.4 Å². The first-order valence-electron chi connectivity index (χ1n) is 7.81. The van der Waals surface area contributed by atoms with Crippen LogP contribution in [0.15, 0.2) is 48.5 Å². The van der Waals surface area contributed by atoms with Crippen molar-refractivity contribution >= 4 is 0 Å². The van der Waals surface area contributed by atoms with Gasteiger partial charge in [0.05, 0.1) is 13.7 Å². The third-order valence-corrected chi connectivity index (χ3v) is 3.69. The first-order valence-corrected chi connectivity index (χ1v) is 7.81. The standard InChI is InChI=1S/C19H25NO3/c1-15(17-7-5-4-6-8-17)20-14-16-9-10-18(19(13-16)22-3)23-12-11-21-2/h4-10,13,15,20H,11-12,14H2,1-3H3. The van der Waals surface area contributed by atoms with Gasteiger partial charge in [0.15, 0.2) is 11.5 Å². The third-order valence-electron chi connectivity index (χ3n) is 3.69. The summed E-state index contributed by atoms with van der Waals surface area (Å²) in [6, 6.07) is 16.7. The zero-order valence-electron chi connectivity index (χ0n) is 14.0. The van der Waals surface area contributed by atoms with Crippen LogP contribution in [-0.4, -0.2) is 27.4 Å². The summed E-state index contributed by atoms with van der Waals surface area (Å²) in [4.78, 5) is 0. The van der Waals surface area contributed by atoms with Crippen molar-refractivity contribution in [2.45, 2.75) is 19.5 Å². The largest absolute Gasteiger partial charge is 0.493 e. The third kappa shape index (κ3) is 5.27. The molecule has 1 unspecified atom stereocenters. The van der Waals surface area contributed by atoms with Crippen molar-refractivity contribution in [1.82, 2.24) is 5.32 Å². The minimum atomic E-state index is 0.292. The number of hydrogen-bond donors (Lipinski definition) is 1. The molecule has 0 amide bonds. The average molecular weight is 315 g/mol. The Kier molecular flexibility index (Phi) is 6.91. The SMILES string of the molecule is COCCOc1ccc(CNC(C)c2ccccc2)cc1OC. The van der Waals surface area contributed by atoms with Gasteiger partial charge < -0.3 is 19.5 Å². The lowest BCUT2D eigenvalue weighted by Crippen LogP contribution is -2.18. The number of ether oxygens (including phenoxy) is 3. The second-order valence-electron chi connectivity index (χ2n) is 5.34. The Hall–Kier alpha value is -2.04. The van der Waals surface area contributed by atoms with Crippen molar-refractivity contribution in [3.63, 3.8) is 0 Å². The van der Waals surface area contributed by atoms with E-state index in [-0.39, 0.29) is 0 Å². The molecular weight excluding hydrogens is 290 g/mol. The normalized spacial score (nSPS) is 12.0. The number of rotatable bonds is 9. The average Bonchev–Trinajstić information content (AvgIpc) is 2.61. The molecule has 0 heterocycles. The zero-order valence-corrected chi connectivity index (χ0v) is 14.0. The van der Waals surface area contributed by atoms with Gasteiger partial charge in [-0.25, -0.2) is 0 Å². The number of nitrogens with one attached hydrogen (secondary N) is 1. The Morgan fingerprint density at radius 2 is 1.74 bits per heavy atom. The van der Waals surface area contributed by atoms with Crippen LogP contribution in [0.25, 0.3) is 0 Å². The van der Waals surface area contributed by atoms with E-state index in [2.05, 4.69) is 42.6 Å². The molecule has 124 valence electrons. The Morgan fingerprint density at radius 1 is 0.957 bits per heavy atom. The quantitative estimate of drug-likeness (QED) is 0.718. The van der Waals surface area contributed by atoms with Gasteiger partial charge in [-0.2, -0.15) is 0 Å². The maximum atomic E-state index is 5.65. The van der Waals surface area contributed by atoms with Gasteiger partial charge in [0.2, 0.25) is 0 Å². The lowest BCUT2D eigenvalue weighted by Gasteiger charge is -2.16. The Labute approximate surface area is 138 Å². The van der Waals surface area contributed by atoms with E-state index in [4.69, 9.17) is 14.2 Å². The molecule has 0 bridgehead atoms. The minimum Gasteiger partial charge on any atom is -0.493 e. The molecule has 0 aliphatic carbocycles. The van der Waals surface area contributed by atoms with Crippen molar-refractivity contribution in [3.8, 4) is 11.5 Å². The summed E-state index contributed by atoms with van der Waals surface area (Å²) < 4.78 is 16.1. The summed E-state index contributed by atoms with van der Waals surface area (Å²) in [6.45, 7) is 4.00. The Bertz CT molecular complexity index is 586. The van der Waals surface area contributed by atoms with Crippen LogP contribution in [0, 0.1) is 0 Å². The molecule has 0 radical (unpaired) electrons. The van der Waals surface area contributed by atoms with Gasteiger partial charge in [-0.05, 0) is 30.2 Å². The highest BCUT2D eigenvalue weighted by Gasteiger charge is 2.08. The van der Waals surface area contributed by atoms with Crippen molar-refractivity contribution < 1.29 is 14.2 Å². The summed E-state index contributed by atoms with van der Waals surface area (Å²) in [5, 5.41) is 3.52. The van der Waals surface area contributed by atoms with E-state index < -0.39 is 0 Å². The first-order chi connectivity index (χ1) is 11.2. The topological polar surface area (TPSA) is 39.7 Å². The van der Waals surface area contributed by atoms with E-state index in [0.29, 0.717) is 19.3 Å². The van der Waals surface area contributed by atoms with E-state index >= 15 is 0 Å². The second-order valence-corrected chi connectivity index (χ2v) is 5.34. The lowest BCUT2D eigenvalue weighted by molar-refractivity contribution is 0.144. The van der Waals surface area contributed by atoms with Crippen LogP contribution in [-0.2, 0) is 11.3 Å². The van der Waals surface area contributed by atoms with Gasteiger partial charge in [-0.3, -0.25) is 0 Å². The molecule has 0 saturated heterocycles. The fourth-order valence-electron chi connectivity index (χ4n) is 2.31. The van der Waals surface area contributed by atoms with E-state index in [0.717, 1.165) is 23.6 Å². The maximum absolute atomic E-state index is 5.65. The van der Waals surface area contributed by atoms with Gasteiger partial charge in [-0.15, -0.1) is 0 Å². The summed E-state index contributed by atoms with van der Waals surface area (Å²) >= 11 is 0. The van der Waals surface area contributed by atoms with Gasteiger partial charge >= 0.3 is 0 Å². The smallest absolute Gasteiger partial charge is 0.161 e. The molecule has 1 atom stereocenters. The highest BCUT2D eigenvalue weighted by molar-refractivity contribution is 5.43. The Balaban J connectivity index is 1.95. The molecule has 0 aliphatic rings. The minimum absolute atomic E-state index is 0.292. The lowest BCUT2D eigenvalue weighted by atomic mass is 10.1. The van der Waals surface area contributed by atoms with E-state index in [1.807, 2.05) is 18.2 Å². The fourth-order valence-corrected chi connectivity index (χ4v) is 2.31. The molecule has 4 heteroatoms. The molecule has 1 N–H and O–H groups in total. The molecule has 2 rings (SSSR count). The van der Waals surface area contributed by atoms with Crippen LogP contribution in [0.5, 0.6) is 11.5 Å². The predicted octanol–water partition coefficient (Wildman–Crippen LogP) is 3.57. The maximum Gasteiger partial charge on any atom is 0.161 e. The first kappa shape index (κ1) is 17.3. The van der Waals surface area contributed by atoms with Crippen molar-refractivity contribution in [3.05, 3.63) is 59.7 Å². The molecule has 0 aliphatic heterocycles. The van der Waals surface area contributed by atoms with Crippen LogP contribution >= 0.6 is 0 Å². The van der Waals surface area contributed by atoms with Crippen LogP contribution in [0.1, 0.15) is 24.1 Å². The van der Waals surface area contributed by atoms with Gasteiger partial charge in [0.25, 0.3) is 0 Å². The van der Waals surface area contributed by atoms with E-state index in [9.17, 15) is 0 Å². The van der Waals surface area contributed by atoms with Crippen LogP contribution in [0.2, 0.25) is 0 Å². The molecule has 23 heavy (non-hydrogen) atoms. The predicted molar refractivity (Wildman–Crippen MR) is 92.1 cm³/mol. The molecule has 0 aromatic heterocycles. The highest BCUT2D eigenvalue weighted by Crippen LogP contribution is 2.28. The van der Waals surface area contributed by atoms with Gasteiger partial charge in [0.1, 0.15) is 6.61 Å². The molecule has 4 nitrogen and oxygen atoms in total. The fraction of sp³-hybridized carbons (Fsp3) is 0.368. The summed E-state index contributed by atoms with van der Waals surface area (Å²) in [5.74, 6) is 1.48. The molecule has 2 aromatic carbocycles. The monoisotopic (exact) mass is 315 g/mol. The number of hydrogen-bond acceptors (Lipinski definition) is 4. The summed E-state index contributed by atoms with van der Waals surface area (Å²) in [5.41, 5.74) is 2.43. The number of methoxy groups -OCH3 is 2. The van der Waals surface area contributed by atoms with Crippen LogP contribution < -0.4 is 14.8 Å². The molecule has 2 aromatic rings. The number of benzene rings is 2. The van der Waals surface area contributed by atoms with Crippen LogP contribution in [0.3, 0.4) is 0 Å². The van der Waals surface area contributed by atoms with Crippen molar-refractivity contribution in [2.24, 2.45) is 0 Å². The summed E-state index contributed by atoms with van der Waals surface area (Å²) in [6.07, 6.45) is 0. The molecule has 0 spiro atoms.